The molecule has 2 aromatic heterocycles. The molecule has 1 aliphatic rings. The topological polar surface area (TPSA) is 67.6 Å². The van der Waals surface area contributed by atoms with Gasteiger partial charge in [-0.25, -0.2) is 4.98 Å². The number of nitrogens with two attached hydrogens (primary N) is 1. The highest BCUT2D eigenvalue weighted by atomic mass is 15.1. The van der Waals surface area contributed by atoms with Gasteiger partial charge in [0.25, 0.3) is 0 Å². The zero-order chi connectivity index (χ0) is 15.0. The largest absolute Gasteiger partial charge is 0.330 e. The first-order chi connectivity index (χ1) is 10.8. The van der Waals surface area contributed by atoms with Crippen molar-refractivity contribution in [3.63, 3.8) is 0 Å². The molecule has 4 rings (SSSR count). The maximum atomic E-state index is 6.14. The van der Waals surface area contributed by atoms with Crippen molar-refractivity contribution >= 4 is 11.0 Å². The molecule has 0 bridgehead atoms. The standard InChI is InChI=1S/C18H20N4/c19-12-18(7-1-2-8-18)14-5-3-4-13(10-14)15-6-9-20-17-16(15)11-21-22-17/h3-6,9-11H,1-2,7-8,12,19H2,(H,20,21,22). The lowest BCUT2D eigenvalue weighted by atomic mass is 9.78. The molecule has 0 atom stereocenters. The summed E-state index contributed by atoms with van der Waals surface area (Å²) in [6.07, 6.45) is 8.63. The van der Waals surface area contributed by atoms with Crippen molar-refractivity contribution in [2.45, 2.75) is 31.1 Å². The summed E-state index contributed by atoms with van der Waals surface area (Å²) >= 11 is 0. The maximum absolute atomic E-state index is 6.14. The van der Waals surface area contributed by atoms with Gasteiger partial charge in [-0.3, -0.25) is 5.10 Å². The molecule has 1 aliphatic carbocycles. The van der Waals surface area contributed by atoms with E-state index in [-0.39, 0.29) is 5.41 Å². The van der Waals surface area contributed by atoms with E-state index in [1.165, 1.54) is 42.4 Å². The molecule has 3 N–H and O–H groups in total. The summed E-state index contributed by atoms with van der Waals surface area (Å²) in [6.45, 7) is 0.730. The molecule has 0 unspecified atom stereocenters. The summed E-state index contributed by atoms with van der Waals surface area (Å²) in [6, 6.07) is 10.9. The molecule has 4 nitrogen and oxygen atoms in total. The van der Waals surface area contributed by atoms with Crippen molar-refractivity contribution in [2.75, 3.05) is 6.54 Å². The Morgan fingerprint density at radius 1 is 1.18 bits per heavy atom. The molecule has 0 radical (unpaired) electrons. The molecule has 1 aromatic carbocycles. The molecular formula is C18H20N4. The predicted octanol–water partition coefficient (Wildman–Crippen LogP) is 3.40. The minimum atomic E-state index is 0.165. The van der Waals surface area contributed by atoms with Crippen LogP contribution in [0.5, 0.6) is 0 Å². The minimum absolute atomic E-state index is 0.165. The van der Waals surface area contributed by atoms with Crippen LogP contribution in [0, 0.1) is 0 Å². The van der Waals surface area contributed by atoms with Crippen molar-refractivity contribution in [3.8, 4) is 11.1 Å². The predicted molar refractivity (Wildman–Crippen MR) is 88.5 cm³/mol. The number of aromatic nitrogens is 3. The molecule has 2 heterocycles. The Bertz CT molecular complexity index is 799. The molecule has 1 fully saturated rings. The Labute approximate surface area is 129 Å². The number of fused-ring (bicyclic) bond motifs is 1. The molecule has 0 aliphatic heterocycles. The monoisotopic (exact) mass is 292 g/mol. The van der Waals surface area contributed by atoms with Crippen LogP contribution in [-0.4, -0.2) is 21.7 Å². The zero-order valence-corrected chi connectivity index (χ0v) is 12.5. The van der Waals surface area contributed by atoms with E-state index in [0.717, 1.165) is 17.6 Å². The highest BCUT2D eigenvalue weighted by Crippen LogP contribution is 2.41. The zero-order valence-electron chi connectivity index (χ0n) is 12.5. The van der Waals surface area contributed by atoms with Gasteiger partial charge in [0.05, 0.1) is 6.20 Å². The summed E-state index contributed by atoms with van der Waals surface area (Å²) in [4.78, 5) is 4.32. The third kappa shape index (κ3) is 2.03. The number of aromatic amines is 1. The van der Waals surface area contributed by atoms with Crippen molar-refractivity contribution in [1.82, 2.24) is 15.2 Å². The molecule has 1 saturated carbocycles. The van der Waals surface area contributed by atoms with Gasteiger partial charge in [0.15, 0.2) is 5.65 Å². The first kappa shape index (κ1) is 13.5. The van der Waals surface area contributed by atoms with Gasteiger partial charge in [-0.15, -0.1) is 0 Å². The average Bonchev–Trinajstić information content (AvgIpc) is 3.24. The number of nitrogens with one attached hydrogen (secondary N) is 1. The summed E-state index contributed by atoms with van der Waals surface area (Å²) in [5, 5.41) is 8.11. The summed E-state index contributed by atoms with van der Waals surface area (Å²) in [5.41, 5.74) is 10.9. The van der Waals surface area contributed by atoms with Crippen LogP contribution in [0.15, 0.2) is 42.7 Å². The Kier molecular flexibility index (Phi) is 3.19. The molecule has 0 amide bonds. The Morgan fingerprint density at radius 3 is 2.86 bits per heavy atom. The number of pyridine rings is 1. The normalized spacial score (nSPS) is 17.1. The van der Waals surface area contributed by atoms with Gasteiger partial charge in [-0.1, -0.05) is 37.1 Å². The average molecular weight is 292 g/mol. The van der Waals surface area contributed by atoms with Gasteiger partial charge in [0.1, 0.15) is 0 Å². The first-order valence-corrected chi connectivity index (χ1v) is 7.91. The van der Waals surface area contributed by atoms with E-state index in [9.17, 15) is 0 Å². The van der Waals surface area contributed by atoms with E-state index in [1.54, 1.807) is 0 Å². The Morgan fingerprint density at radius 2 is 2.05 bits per heavy atom. The SMILES string of the molecule is NCC1(c2cccc(-c3ccnc4[nH]ncc34)c2)CCCC1. The van der Waals surface area contributed by atoms with E-state index in [0.29, 0.717) is 0 Å². The first-order valence-electron chi connectivity index (χ1n) is 7.91. The van der Waals surface area contributed by atoms with Gasteiger partial charge < -0.3 is 5.73 Å². The lowest BCUT2D eigenvalue weighted by molar-refractivity contribution is 0.453. The number of hydrogen-bond acceptors (Lipinski definition) is 3. The Balaban J connectivity index is 1.84. The number of nitrogens with zero attached hydrogens (tertiary/aromatic N) is 2. The summed E-state index contributed by atoms with van der Waals surface area (Å²) in [5.74, 6) is 0. The van der Waals surface area contributed by atoms with Crippen molar-refractivity contribution in [1.29, 1.82) is 0 Å². The summed E-state index contributed by atoms with van der Waals surface area (Å²) < 4.78 is 0. The fraction of sp³-hybridized carbons (Fsp3) is 0.333. The number of H-pyrrole nitrogens is 1. The van der Waals surface area contributed by atoms with E-state index >= 15 is 0 Å². The highest BCUT2D eigenvalue weighted by molar-refractivity contribution is 5.92. The third-order valence-corrected chi connectivity index (χ3v) is 5.09. The number of hydrogen-bond donors (Lipinski definition) is 2. The molecule has 4 heteroatoms. The molecule has 0 saturated heterocycles. The van der Waals surface area contributed by atoms with E-state index in [2.05, 4.69) is 45.5 Å². The second-order valence-corrected chi connectivity index (χ2v) is 6.26. The van der Waals surface area contributed by atoms with Crippen molar-refractivity contribution in [2.24, 2.45) is 5.73 Å². The van der Waals surface area contributed by atoms with Crippen LogP contribution in [0.3, 0.4) is 0 Å². The Hall–Kier alpha value is -2.20. The van der Waals surface area contributed by atoms with Gasteiger partial charge >= 0.3 is 0 Å². The number of benzene rings is 1. The van der Waals surface area contributed by atoms with Gasteiger partial charge in [-0.2, -0.15) is 5.10 Å². The highest BCUT2D eigenvalue weighted by Gasteiger charge is 2.34. The summed E-state index contributed by atoms with van der Waals surface area (Å²) in [7, 11) is 0. The minimum Gasteiger partial charge on any atom is -0.330 e. The van der Waals surface area contributed by atoms with Crippen LogP contribution >= 0.6 is 0 Å². The second-order valence-electron chi connectivity index (χ2n) is 6.26. The molecule has 112 valence electrons. The van der Waals surface area contributed by atoms with Crippen LogP contribution in [0.25, 0.3) is 22.2 Å². The third-order valence-electron chi connectivity index (χ3n) is 5.09. The van der Waals surface area contributed by atoms with Gasteiger partial charge in [-0.05, 0) is 35.6 Å². The van der Waals surface area contributed by atoms with Crippen LogP contribution in [0.1, 0.15) is 31.2 Å². The quantitative estimate of drug-likeness (QED) is 0.777. The molecular weight excluding hydrogens is 272 g/mol. The van der Waals surface area contributed by atoms with Crippen LogP contribution < -0.4 is 5.73 Å². The molecule has 3 aromatic rings. The van der Waals surface area contributed by atoms with Crippen LogP contribution in [0.4, 0.5) is 0 Å². The maximum Gasteiger partial charge on any atom is 0.155 e. The van der Waals surface area contributed by atoms with Gasteiger partial charge in [0.2, 0.25) is 0 Å². The number of rotatable bonds is 3. The smallest absolute Gasteiger partial charge is 0.155 e. The van der Waals surface area contributed by atoms with E-state index < -0.39 is 0 Å². The van der Waals surface area contributed by atoms with Crippen LogP contribution in [-0.2, 0) is 5.41 Å². The fourth-order valence-corrected chi connectivity index (χ4v) is 3.78. The second kappa shape index (κ2) is 5.21. The van der Waals surface area contributed by atoms with Gasteiger partial charge in [0, 0.05) is 23.5 Å². The van der Waals surface area contributed by atoms with E-state index in [4.69, 9.17) is 5.73 Å². The lowest BCUT2D eigenvalue weighted by Gasteiger charge is -2.28. The molecule has 22 heavy (non-hydrogen) atoms. The van der Waals surface area contributed by atoms with E-state index in [1.807, 2.05) is 12.4 Å². The van der Waals surface area contributed by atoms with Crippen molar-refractivity contribution in [3.05, 3.63) is 48.3 Å². The lowest BCUT2D eigenvalue weighted by Crippen LogP contribution is -2.31. The molecule has 0 spiro atoms. The fourth-order valence-electron chi connectivity index (χ4n) is 3.78. The van der Waals surface area contributed by atoms with Crippen molar-refractivity contribution < 1.29 is 0 Å². The van der Waals surface area contributed by atoms with Crippen LogP contribution in [0.2, 0.25) is 0 Å².